The lowest BCUT2D eigenvalue weighted by atomic mass is 10.4. The van der Waals surface area contributed by atoms with Gasteiger partial charge in [-0.1, -0.05) is 0 Å². The van der Waals surface area contributed by atoms with E-state index in [1.54, 1.807) is 16.1 Å². The third kappa shape index (κ3) is 4.97. The van der Waals surface area contributed by atoms with Crippen molar-refractivity contribution in [3.63, 3.8) is 0 Å². The van der Waals surface area contributed by atoms with Crippen molar-refractivity contribution < 1.29 is 14.4 Å². The molecule has 146 valence electrons. The number of hydrogen-bond donors (Lipinski definition) is 3. The van der Waals surface area contributed by atoms with Crippen LogP contribution in [0.2, 0.25) is 0 Å². The van der Waals surface area contributed by atoms with Gasteiger partial charge in [-0.15, -0.1) is 34.0 Å². The third-order valence-corrected chi connectivity index (χ3v) is 5.92. The lowest BCUT2D eigenvalue weighted by Crippen LogP contribution is -2.24. The van der Waals surface area contributed by atoms with E-state index in [1.807, 2.05) is 6.92 Å². The maximum Gasteiger partial charge on any atom is 0.271 e. The Balaban J connectivity index is 1.50. The van der Waals surface area contributed by atoms with Crippen LogP contribution in [0.4, 0.5) is 0 Å². The van der Waals surface area contributed by atoms with Crippen molar-refractivity contribution in [1.29, 1.82) is 0 Å². The Bertz CT molecular complexity index is 1010. The molecule has 28 heavy (non-hydrogen) atoms. The average molecular weight is 437 g/mol. The number of amides is 3. The number of thiazole rings is 3. The predicted molar refractivity (Wildman–Crippen MR) is 107 cm³/mol. The van der Waals surface area contributed by atoms with E-state index in [0.717, 1.165) is 5.01 Å². The van der Waals surface area contributed by atoms with E-state index in [-0.39, 0.29) is 36.5 Å². The molecular formula is C16H16N6O3S3. The highest BCUT2D eigenvalue weighted by atomic mass is 32.1. The van der Waals surface area contributed by atoms with Gasteiger partial charge >= 0.3 is 0 Å². The molecule has 0 aliphatic rings. The average Bonchev–Trinajstić information content (AvgIpc) is 3.44. The lowest BCUT2D eigenvalue weighted by Gasteiger charge is -2.01. The first-order valence-electron chi connectivity index (χ1n) is 8.05. The first-order valence-corrected chi connectivity index (χ1v) is 10.7. The minimum absolute atomic E-state index is 0.202. The number of nitrogens with one attached hydrogen (secondary N) is 3. The molecule has 0 saturated heterocycles. The molecule has 3 amide bonds. The van der Waals surface area contributed by atoms with Crippen LogP contribution in [0.15, 0.2) is 16.1 Å². The van der Waals surface area contributed by atoms with E-state index in [0.29, 0.717) is 21.4 Å². The van der Waals surface area contributed by atoms with Gasteiger partial charge in [-0.2, -0.15) is 0 Å². The largest absolute Gasteiger partial charge is 0.354 e. The van der Waals surface area contributed by atoms with Crippen molar-refractivity contribution in [2.75, 3.05) is 7.05 Å². The fourth-order valence-corrected chi connectivity index (χ4v) is 4.10. The van der Waals surface area contributed by atoms with Crippen LogP contribution in [0.1, 0.15) is 46.5 Å². The van der Waals surface area contributed by atoms with E-state index in [4.69, 9.17) is 0 Å². The van der Waals surface area contributed by atoms with Crippen molar-refractivity contribution in [2.45, 2.75) is 20.0 Å². The summed E-state index contributed by atoms with van der Waals surface area (Å²) in [6, 6.07) is 0. The Labute approximate surface area is 172 Å². The maximum atomic E-state index is 12.2. The second kappa shape index (κ2) is 8.99. The zero-order valence-electron chi connectivity index (χ0n) is 14.9. The van der Waals surface area contributed by atoms with Gasteiger partial charge < -0.3 is 16.0 Å². The maximum absolute atomic E-state index is 12.2. The molecule has 3 rings (SSSR count). The van der Waals surface area contributed by atoms with Crippen molar-refractivity contribution in [2.24, 2.45) is 0 Å². The molecule has 3 aromatic heterocycles. The molecule has 3 aromatic rings. The second-order valence-electron chi connectivity index (χ2n) is 5.45. The quantitative estimate of drug-likeness (QED) is 0.516. The number of aryl methyl sites for hydroxylation is 1. The Kier molecular flexibility index (Phi) is 6.44. The monoisotopic (exact) mass is 436 g/mol. The zero-order valence-corrected chi connectivity index (χ0v) is 17.4. The number of nitrogens with zero attached hydrogens (tertiary/aromatic N) is 3. The summed E-state index contributed by atoms with van der Waals surface area (Å²) in [5.74, 6) is -0.894. The lowest BCUT2D eigenvalue weighted by molar-refractivity contribution is 0.0941. The number of carbonyl (C=O) groups is 3. The van der Waals surface area contributed by atoms with Gasteiger partial charge in [0.25, 0.3) is 17.7 Å². The summed E-state index contributed by atoms with van der Waals surface area (Å²) in [6.07, 6.45) is 0. The fourth-order valence-electron chi connectivity index (χ4n) is 2.08. The van der Waals surface area contributed by atoms with Crippen LogP contribution in [0, 0.1) is 6.92 Å². The molecule has 0 bridgehead atoms. The second-order valence-corrected chi connectivity index (χ2v) is 8.40. The van der Waals surface area contributed by atoms with Crippen molar-refractivity contribution in [3.05, 3.63) is 48.2 Å². The van der Waals surface area contributed by atoms with Gasteiger partial charge in [0.05, 0.1) is 18.1 Å². The van der Waals surface area contributed by atoms with Gasteiger partial charge in [-0.05, 0) is 6.92 Å². The van der Waals surface area contributed by atoms with Crippen LogP contribution in [-0.2, 0) is 13.1 Å². The minimum Gasteiger partial charge on any atom is -0.354 e. The molecule has 0 spiro atoms. The molecular weight excluding hydrogens is 420 g/mol. The highest BCUT2D eigenvalue weighted by Gasteiger charge is 2.14. The van der Waals surface area contributed by atoms with Crippen LogP contribution in [0.3, 0.4) is 0 Å². The van der Waals surface area contributed by atoms with Gasteiger partial charge in [0.2, 0.25) is 0 Å². The molecule has 3 heterocycles. The Morgan fingerprint density at radius 3 is 1.71 bits per heavy atom. The molecule has 3 N–H and O–H groups in total. The summed E-state index contributed by atoms with van der Waals surface area (Å²) in [4.78, 5) is 48.2. The van der Waals surface area contributed by atoms with Crippen molar-refractivity contribution in [1.82, 2.24) is 30.9 Å². The van der Waals surface area contributed by atoms with Crippen LogP contribution >= 0.6 is 34.0 Å². The van der Waals surface area contributed by atoms with Gasteiger partial charge in [0.1, 0.15) is 27.1 Å². The smallest absolute Gasteiger partial charge is 0.271 e. The molecule has 0 unspecified atom stereocenters. The van der Waals surface area contributed by atoms with Crippen LogP contribution in [-0.4, -0.2) is 39.7 Å². The SMILES string of the molecule is CNC(=O)c1csc(CNC(=O)c2csc(CNC(=O)c3csc(C)n3)n2)n1. The minimum atomic E-state index is -0.347. The molecule has 9 nitrogen and oxygen atoms in total. The molecule has 0 fully saturated rings. The standard InChI is InChI=1S/C16H16N6O3S3/c1-8-20-10(5-26-8)15(24)18-4-13-22-11(7-28-13)16(25)19-3-12-21-9(6-27-12)14(23)17-2/h5-7H,3-4H2,1-2H3,(H,17,23)(H,18,24)(H,19,25). The van der Waals surface area contributed by atoms with Gasteiger partial charge in [-0.3, -0.25) is 14.4 Å². The number of rotatable bonds is 7. The number of aromatic nitrogens is 3. The summed E-state index contributed by atoms with van der Waals surface area (Å²) >= 11 is 3.98. The van der Waals surface area contributed by atoms with E-state index in [2.05, 4.69) is 30.9 Å². The van der Waals surface area contributed by atoms with E-state index < -0.39 is 0 Å². The summed E-state index contributed by atoms with van der Waals surface area (Å²) in [5.41, 5.74) is 0.956. The topological polar surface area (TPSA) is 126 Å². The summed E-state index contributed by atoms with van der Waals surface area (Å²) < 4.78 is 0. The molecule has 0 aromatic carbocycles. The Morgan fingerprint density at radius 1 is 0.786 bits per heavy atom. The van der Waals surface area contributed by atoms with Gasteiger partial charge in [-0.25, -0.2) is 15.0 Å². The summed E-state index contributed by atoms with van der Waals surface area (Å²) in [7, 11) is 1.53. The molecule has 0 saturated carbocycles. The zero-order chi connectivity index (χ0) is 20.1. The third-order valence-electron chi connectivity index (χ3n) is 3.45. The molecule has 0 radical (unpaired) electrons. The van der Waals surface area contributed by atoms with Crippen LogP contribution < -0.4 is 16.0 Å². The van der Waals surface area contributed by atoms with Crippen molar-refractivity contribution >= 4 is 51.7 Å². The highest BCUT2D eigenvalue weighted by Crippen LogP contribution is 2.13. The van der Waals surface area contributed by atoms with Crippen molar-refractivity contribution in [3.8, 4) is 0 Å². The molecule has 0 atom stereocenters. The number of hydrogen-bond acceptors (Lipinski definition) is 9. The van der Waals surface area contributed by atoms with E-state index >= 15 is 0 Å². The summed E-state index contributed by atoms with van der Waals surface area (Å²) in [6.45, 7) is 2.25. The normalized spacial score (nSPS) is 10.5. The first-order chi connectivity index (χ1) is 13.5. The first kappa shape index (κ1) is 20.0. The fraction of sp³-hybridized carbons (Fsp3) is 0.250. The van der Waals surface area contributed by atoms with Crippen LogP contribution in [0.5, 0.6) is 0 Å². The summed E-state index contributed by atoms with van der Waals surface area (Å²) in [5, 5.41) is 15.0. The molecule has 12 heteroatoms. The highest BCUT2D eigenvalue weighted by molar-refractivity contribution is 7.10. The predicted octanol–water partition coefficient (Wildman–Crippen LogP) is 1.58. The van der Waals surface area contributed by atoms with E-state index in [1.165, 1.54) is 41.1 Å². The van der Waals surface area contributed by atoms with E-state index in [9.17, 15) is 14.4 Å². The Hall–Kier alpha value is -2.70. The van der Waals surface area contributed by atoms with Gasteiger partial charge in [0.15, 0.2) is 0 Å². The van der Waals surface area contributed by atoms with Crippen LogP contribution in [0.25, 0.3) is 0 Å². The Morgan fingerprint density at radius 2 is 1.25 bits per heavy atom. The molecule has 0 aliphatic carbocycles. The molecule has 0 aliphatic heterocycles. The number of carbonyl (C=O) groups excluding carboxylic acids is 3. The van der Waals surface area contributed by atoms with Gasteiger partial charge in [0, 0.05) is 23.2 Å².